The van der Waals surface area contributed by atoms with Crippen LogP contribution in [0.15, 0.2) is 36.9 Å². The van der Waals surface area contributed by atoms with Crippen LogP contribution in [0.2, 0.25) is 0 Å². The molecule has 9 nitrogen and oxygen atoms in total. The van der Waals surface area contributed by atoms with Crippen LogP contribution in [0, 0.1) is 13.8 Å². The van der Waals surface area contributed by atoms with E-state index in [1.165, 1.54) is 0 Å². The second-order valence-corrected chi connectivity index (χ2v) is 6.64. The van der Waals surface area contributed by atoms with Gasteiger partial charge in [0.2, 0.25) is 5.91 Å². The number of aromatic nitrogens is 6. The van der Waals surface area contributed by atoms with Gasteiger partial charge in [-0.3, -0.25) is 9.48 Å². The zero-order valence-electron chi connectivity index (χ0n) is 15.5. The highest BCUT2D eigenvalue weighted by molar-refractivity contribution is 5.76. The number of hydrogen-bond donors (Lipinski definition) is 0. The van der Waals surface area contributed by atoms with E-state index in [4.69, 9.17) is 0 Å². The first kappa shape index (κ1) is 17.2. The number of nitrogens with zero attached hydrogens (tertiary/aromatic N) is 8. The number of piperazine rings is 1. The molecule has 0 radical (unpaired) electrons. The Morgan fingerprint density at radius 3 is 2.52 bits per heavy atom. The highest BCUT2D eigenvalue weighted by Gasteiger charge is 2.22. The summed E-state index contributed by atoms with van der Waals surface area (Å²) in [4.78, 5) is 25.2. The first-order valence-electron chi connectivity index (χ1n) is 8.96. The van der Waals surface area contributed by atoms with Crippen molar-refractivity contribution in [2.45, 2.75) is 20.4 Å². The van der Waals surface area contributed by atoms with Crippen molar-refractivity contribution in [3.63, 3.8) is 0 Å². The molecule has 3 aromatic heterocycles. The molecule has 1 fully saturated rings. The summed E-state index contributed by atoms with van der Waals surface area (Å²) in [5, 5.41) is 8.58. The van der Waals surface area contributed by atoms with Gasteiger partial charge in [-0.25, -0.2) is 14.6 Å². The fraction of sp³-hybridized carbons (Fsp3) is 0.389. The fourth-order valence-corrected chi connectivity index (χ4v) is 3.30. The number of aryl methyl sites for hydroxylation is 2. The molecular weight excluding hydrogens is 344 g/mol. The van der Waals surface area contributed by atoms with Crippen molar-refractivity contribution in [2.24, 2.45) is 0 Å². The van der Waals surface area contributed by atoms with Gasteiger partial charge in [0.05, 0.1) is 5.69 Å². The summed E-state index contributed by atoms with van der Waals surface area (Å²) in [7, 11) is 0. The first-order valence-corrected chi connectivity index (χ1v) is 8.96. The van der Waals surface area contributed by atoms with Gasteiger partial charge in [0.15, 0.2) is 5.82 Å². The average molecular weight is 366 g/mol. The third kappa shape index (κ3) is 3.67. The quantitative estimate of drug-likeness (QED) is 0.680. The molecule has 4 rings (SSSR count). The van der Waals surface area contributed by atoms with Crippen molar-refractivity contribution in [1.29, 1.82) is 0 Å². The molecule has 0 unspecified atom stereocenters. The molecule has 0 aromatic carbocycles. The monoisotopic (exact) mass is 366 g/mol. The van der Waals surface area contributed by atoms with Gasteiger partial charge in [0.1, 0.15) is 18.7 Å². The highest BCUT2D eigenvalue weighted by atomic mass is 16.2. The molecule has 1 aliphatic rings. The Morgan fingerprint density at radius 1 is 1.07 bits per heavy atom. The Morgan fingerprint density at radius 2 is 1.85 bits per heavy atom. The van der Waals surface area contributed by atoms with Gasteiger partial charge in [-0.15, -0.1) is 0 Å². The molecule has 3 aromatic rings. The van der Waals surface area contributed by atoms with Crippen LogP contribution in [0.3, 0.4) is 0 Å². The second-order valence-electron chi connectivity index (χ2n) is 6.64. The van der Waals surface area contributed by atoms with Gasteiger partial charge >= 0.3 is 0 Å². The lowest BCUT2D eigenvalue weighted by molar-refractivity contribution is -0.132. The maximum Gasteiger partial charge on any atom is 0.244 e. The maximum atomic E-state index is 12.4. The van der Waals surface area contributed by atoms with Crippen LogP contribution >= 0.6 is 0 Å². The second kappa shape index (κ2) is 7.18. The van der Waals surface area contributed by atoms with Gasteiger partial charge in [-0.2, -0.15) is 10.2 Å². The standard InChI is InChI=1S/C18H22N8O/c1-14-10-15(2)26(22-14)17-11-16(19-13-20-17)23-6-8-24(9-7-23)18(27)12-25-5-3-4-21-25/h3-5,10-11,13H,6-9,12H2,1-2H3. The lowest BCUT2D eigenvalue weighted by Crippen LogP contribution is -2.49. The fourth-order valence-electron chi connectivity index (χ4n) is 3.30. The lowest BCUT2D eigenvalue weighted by atomic mass is 10.3. The van der Waals surface area contributed by atoms with Crippen molar-refractivity contribution < 1.29 is 4.79 Å². The van der Waals surface area contributed by atoms with Crippen LogP contribution in [0.5, 0.6) is 0 Å². The van der Waals surface area contributed by atoms with Crippen LogP contribution < -0.4 is 4.90 Å². The van der Waals surface area contributed by atoms with Crippen LogP contribution in [-0.4, -0.2) is 66.5 Å². The van der Waals surface area contributed by atoms with Gasteiger partial charge in [0.25, 0.3) is 0 Å². The zero-order valence-corrected chi connectivity index (χ0v) is 15.5. The smallest absolute Gasteiger partial charge is 0.244 e. The molecule has 0 aliphatic carbocycles. The van der Waals surface area contributed by atoms with E-state index < -0.39 is 0 Å². The molecule has 4 heterocycles. The molecule has 27 heavy (non-hydrogen) atoms. The average Bonchev–Trinajstić information content (AvgIpc) is 3.31. The van der Waals surface area contributed by atoms with Crippen molar-refractivity contribution in [3.05, 3.63) is 48.3 Å². The number of anilines is 1. The minimum atomic E-state index is 0.0874. The number of carbonyl (C=O) groups excluding carboxylic acids is 1. The number of amides is 1. The molecule has 140 valence electrons. The van der Waals surface area contributed by atoms with E-state index in [1.54, 1.807) is 23.4 Å². The van der Waals surface area contributed by atoms with Crippen molar-refractivity contribution in [1.82, 2.24) is 34.4 Å². The van der Waals surface area contributed by atoms with E-state index >= 15 is 0 Å². The molecule has 0 bridgehead atoms. The summed E-state index contributed by atoms with van der Waals surface area (Å²) in [6, 6.07) is 5.78. The van der Waals surface area contributed by atoms with Crippen LogP contribution in [0.4, 0.5) is 5.82 Å². The van der Waals surface area contributed by atoms with Gasteiger partial charge < -0.3 is 9.80 Å². The van der Waals surface area contributed by atoms with Crippen LogP contribution in [-0.2, 0) is 11.3 Å². The molecule has 1 amide bonds. The summed E-state index contributed by atoms with van der Waals surface area (Å²) in [6.45, 7) is 7.05. The molecule has 0 saturated carbocycles. The Hall–Kier alpha value is -3.23. The van der Waals surface area contributed by atoms with Crippen LogP contribution in [0.1, 0.15) is 11.4 Å². The van der Waals surface area contributed by atoms with E-state index in [9.17, 15) is 4.79 Å². The molecule has 1 saturated heterocycles. The SMILES string of the molecule is Cc1cc(C)n(-c2cc(N3CCN(C(=O)Cn4cccn4)CC3)ncn2)n1. The largest absolute Gasteiger partial charge is 0.353 e. The van der Waals surface area contributed by atoms with E-state index in [2.05, 4.69) is 25.1 Å². The summed E-state index contributed by atoms with van der Waals surface area (Å²) in [5.74, 6) is 1.69. The maximum absolute atomic E-state index is 12.4. The normalized spacial score (nSPS) is 14.6. The molecule has 0 N–H and O–H groups in total. The summed E-state index contributed by atoms with van der Waals surface area (Å²) < 4.78 is 3.48. The van der Waals surface area contributed by atoms with E-state index in [0.717, 1.165) is 36.1 Å². The molecule has 9 heteroatoms. The van der Waals surface area contributed by atoms with E-state index in [0.29, 0.717) is 13.1 Å². The molecule has 1 aliphatic heterocycles. The van der Waals surface area contributed by atoms with Crippen molar-refractivity contribution >= 4 is 11.7 Å². The van der Waals surface area contributed by atoms with Gasteiger partial charge in [-0.05, 0) is 26.0 Å². The summed E-state index contributed by atoms with van der Waals surface area (Å²) in [6.07, 6.45) is 5.05. The minimum absolute atomic E-state index is 0.0874. The molecule has 0 atom stereocenters. The highest BCUT2D eigenvalue weighted by Crippen LogP contribution is 2.17. The predicted molar refractivity (Wildman–Crippen MR) is 99.6 cm³/mol. The first-order chi connectivity index (χ1) is 13.1. The molecular formula is C18H22N8O. The number of carbonyl (C=O) groups is 1. The predicted octanol–water partition coefficient (Wildman–Crippen LogP) is 0.824. The van der Waals surface area contributed by atoms with Gasteiger partial charge in [-0.1, -0.05) is 0 Å². The topological polar surface area (TPSA) is 85.0 Å². The zero-order chi connectivity index (χ0) is 18.8. The van der Waals surface area contributed by atoms with Crippen molar-refractivity contribution in [3.8, 4) is 5.82 Å². The number of rotatable bonds is 4. The van der Waals surface area contributed by atoms with Gasteiger partial charge in [0, 0.05) is 50.3 Å². The molecule has 0 spiro atoms. The summed E-state index contributed by atoms with van der Waals surface area (Å²) in [5.41, 5.74) is 1.99. The van der Waals surface area contributed by atoms with Crippen molar-refractivity contribution in [2.75, 3.05) is 31.1 Å². The summed E-state index contributed by atoms with van der Waals surface area (Å²) >= 11 is 0. The van der Waals surface area contributed by atoms with E-state index in [-0.39, 0.29) is 12.5 Å². The number of hydrogen-bond acceptors (Lipinski definition) is 6. The Balaban J connectivity index is 1.42. The Labute approximate surface area is 157 Å². The minimum Gasteiger partial charge on any atom is -0.353 e. The third-order valence-electron chi connectivity index (χ3n) is 4.68. The Kier molecular flexibility index (Phi) is 4.57. The van der Waals surface area contributed by atoms with Crippen LogP contribution in [0.25, 0.3) is 5.82 Å². The third-order valence-corrected chi connectivity index (χ3v) is 4.68. The lowest BCUT2D eigenvalue weighted by Gasteiger charge is -2.35. The Bertz CT molecular complexity index is 925. The van der Waals surface area contributed by atoms with E-state index in [1.807, 2.05) is 41.6 Å².